The number of primary amides is 1. The van der Waals surface area contributed by atoms with E-state index < -0.39 is 5.91 Å². The standard InChI is InChI=1S/C19H16FN3O2/c20-13-4-3-10-7-12(2-1-11(10)8-13)15-9-16(24)17-14(23-15)5-6-22-18(17)19(21)25/h3-6,8-9,12H,1-2,7H2,(H2,21,25)(H,23,24)/t12-/m0/s1. The molecule has 1 atom stereocenters. The number of rotatable bonds is 2. The third-order valence-electron chi connectivity index (χ3n) is 4.83. The predicted molar refractivity (Wildman–Crippen MR) is 92.0 cm³/mol. The fourth-order valence-corrected chi connectivity index (χ4v) is 3.62. The molecule has 25 heavy (non-hydrogen) atoms. The highest BCUT2D eigenvalue weighted by atomic mass is 19.1. The number of H-pyrrole nitrogens is 1. The van der Waals surface area contributed by atoms with Crippen LogP contribution in [0.3, 0.4) is 0 Å². The number of nitrogens with zero attached hydrogens (tertiary/aromatic N) is 1. The summed E-state index contributed by atoms with van der Waals surface area (Å²) < 4.78 is 13.4. The van der Waals surface area contributed by atoms with Crippen LogP contribution < -0.4 is 11.2 Å². The van der Waals surface area contributed by atoms with Gasteiger partial charge in [0.15, 0.2) is 5.43 Å². The fourth-order valence-electron chi connectivity index (χ4n) is 3.62. The Hall–Kier alpha value is -3.02. The highest BCUT2D eigenvalue weighted by Gasteiger charge is 2.22. The first-order valence-electron chi connectivity index (χ1n) is 8.12. The number of aromatic amines is 1. The van der Waals surface area contributed by atoms with Crippen molar-refractivity contribution in [1.29, 1.82) is 0 Å². The molecular weight excluding hydrogens is 321 g/mol. The van der Waals surface area contributed by atoms with E-state index >= 15 is 0 Å². The van der Waals surface area contributed by atoms with Gasteiger partial charge < -0.3 is 10.7 Å². The van der Waals surface area contributed by atoms with Gasteiger partial charge in [-0.15, -0.1) is 0 Å². The zero-order chi connectivity index (χ0) is 17.6. The van der Waals surface area contributed by atoms with Crippen LogP contribution in [-0.4, -0.2) is 15.9 Å². The zero-order valence-corrected chi connectivity index (χ0v) is 13.4. The maximum Gasteiger partial charge on any atom is 0.268 e. The van der Waals surface area contributed by atoms with E-state index in [1.165, 1.54) is 18.3 Å². The van der Waals surface area contributed by atoms with Gasteiger partial charge in [-0.1, -0.05) is 6.07 Å². The van der Waals surface area contributed by atoms with Gasteiger partial charge in [-0.3, -0.25) is 14.6 Å². The average molecular weight is 337 g/mol. The summed E-state index contributed by atoms with van der Waals surface area (Å²) in [7, 11) is 0. The third kappa shape index (κ3) is 2.69. The lowest BCUT2D eigenvalue weighted by molar-refractivity contribution is 0.0997. The Bertz CT molecular complexity index is 1060. The van der Waals surface area contributed by atoms with E-state index in [2.05, 4.69) is 9.97 Å². The monoisotopic (exact) mass is 337 g/mol. The number of carbonyl (C=O) groups excluding carboxylic acids is 1. The van der Waals surface area contributed by atoms with Crippen molar-refractivity contribution < 1.29 is 9.18 Å². The minimum Gasteiger partial charge on any atom is -0.364 e. The lowest BCUT2D eigenvalue weighted by atomic mass is 9.82. The molecule has 1 aromatic carbocycles. The van der Waals surface area contributed by atoms with Crippen molar-refractivity contribution in [3.8, 4) is 0 Å². The van der Waals surface area contributed by atoms with Crippen molar-refractivity contribution in [2.24, 2.45) is 5.73 Å². The smallest absolute Gasteiger partial charge is 0.268 e. The molecule has 0 unspecified atom stereocenters. The van der Waals surface area contributed by atoms with Crippen molar-refractivity contribution in [1.82, 2.24) is 9.97 Å². The fraction of sp³-hybridized carbons (Fsp3) is 0.211. The summed E-state index contributed by atoms with van der Waals surface area (Å²) in [5, 5.41) is 0.219. The van der Waals surface area contributed by atoms with Crippen LogP contribution in [0.4, 0.5) is 4.39 Å². The Morgan fingerprint density at radius 1 is 1.24 bits per heavy atom. The summed E-state index contributed by atoms with van der Waals surface area (Å²) in [6.07, 6.45) is 3.79. The highest BCUT2D eigenvalue weighted by Crippen LogP contribution is 2.32. The van der Waals surface area contributed by atoms with E-state index in [9.17, 15) is 14.0 Å². The Balaban J connectivity index is 1.77. The molecule has 1 amide bonds. The Morgan fingerprint density at radius 3 is 2.88 bits per heavy atom. The minimum atomic E-state index is -0.725. The molecule has 0 fully saturated rings. The van der Waals surface area contributed by atoms with Gasteiger partial charge in [0.25, 0.3) is 5.91 Å². The van der Waals surface area contributed by atoms with Crippen LogP contribution in [0, 0.1) is 5.82 Å². The molecular formula is C19H16FN3O2. The van der Waals surface area contributed by atoms with Crippen molar-refractivity contribution in [3.63, 3.8) is 0 Å². The molecule has 3 aromatic rings. The second kappa shape index (κ2) is 5.81. The summed E-state index contributed by atoms with van der Waals surface area (Å²) in [5.41, 5.74) is 8.52. The van der Waals surface area contributed by atoms with Crippen molar-refractivity contribution >= 4 is 16.8 Å². The third-order valence-corrected chi connectivity index (χ3v) is 4.83. The number of nitrogens with two attached hydrogens (primary N) is 1. The van der Waals surface area contributed by atoms with E-state index in [0.29, 0.717) is 5.52 Å². The first-order valence-corrected chi connectivity index (χ1v) is 8.12. The maximum atomic E-state index is 13.4. The van der Waals surface area contributed by atoms with Gasteiger partial charge in [0, 0.05) is 23.9 Å². The van der Waals surface area contributed by atoms with Gasteiger partial charge >= 0.3 is 0 Å². The lowest BCUT2D eigenvalue weighted by Gasteiger charge is -2.25. The Morgan fingerprint density at radius 2 is 2.08 bits per heavy atom. The number of hydrogen-bond acceptors (Lipinski definition) is 3. The molecule has 0 aliphatic heterocycles. The Labute approximate surface area is 142 Å². The molecule has 0 radical (unpaired) electrons. The van der Waals surface area contributed by atoms with Crippen LogP contribution in [0.1, 0.15) is 39.6 Å². The molecule has 126 valence electrons. The van der Waals surface area contributed by atoms with Crippen LogP contribution in [0.2, 0.25) is 0 Å². The molecule has 6 heteroatoms. The quantitative estimate of drug-likeness (QED) is 0.753. The van der Waals surface area contributed by atoms with Crippen LogP contribution in [-0.2, 0) is 12.8 Å². The topological polar surface area (TPSA) is 88.8 Å². The molecule has 2 heterocycles. The summed E-state index contributed by atoms with van der Waals surface area (Å²) in [4.78, 5) is 31.2. The van der Waals surface area contributed by atoms with E-state index in [1.54, 1.807) is 12.1 Å². The second-order valence-corrected chi connectivity index (χ2v) is 6.39. The summed E-state index contributed by atoms with van der Waals surface area (Å²) >= 11 is 0. The summed E-state index contributed by atoms with van der Waals surface area (Å²) in [6, 6.07) is 8.05. The highest BCUT2D eigenvalue weighted by molar-refractivity contribution is 6.03. The van der Waals surface area contributed by atoms with E-state index in [0.717, 1.165) is 36.1 Å². The molecule has 3 N–H and O–H groups in total. The lowest BCUT2D eigenvalue weighted by Crippen LogP contribution is -2.20. The molecule has 0 bridgehead atoms. The van der Waals surface area contributed by atoms with Gasteiger partial charge in [0.2, 0.25) is 0 Å². The van der Waals surface area contributed by atoms with Crippen LogP contribution in [0.15, 0.2) is 41.3 Å². The van der Waals surface area contributed by atoms with Gasteiger partial charge in [-0.2, -0.15) is 0 Å². The number of hydrogen-bond donors (Lipinski definition) is 2. The number of pyridine rings is 2. The first-order chi connectivity index (χ1) is 12.0. The molecule has 0 saturated heterocycles. The number of carbonyl (C=O) groups is 1. The first kappa shape index (κ1) is 15.5. The number of benzene rings is 1. The number of nitrogens with one attached hydrogen (secondary N) is 1. The van der Waals surface area contributed by atoms with Gasteiger partial charge in [-0.25, -0.2) is 4.39 Å². The average Bonchev–Trinajstić information content (AvgIpc) is 2.60. The van der Waals surface area contributed by atoms with Crippen molar-refractivity contribution in [3.05, 3.63) is 75.1 Å². The van der Waals surface area contributed by atoms with Crippen molar-refractivity contribution in [2.75, 3.05) is 0 Å². The normalized spacial score (nSPS) is 16.6. The van der Waals surface area contributed by atoms with E-state index in [-0.39, 0.29) is 28.2 Å². The number of fused-ring (bicyclic) bond motifs is 2. The van der Waals surface area contributed by atoms with Crippen LogP contribution in [0.25, 0.3) is 10.9 Å². The molecule has 1 aliphatic rings. The number of halogens is 1. The number of aryl methyl sites for hydroxylation is 1. The van der Waals surface area contributed by atoms with Crippen molar-refractivity contribution in [2.45, 2.75) is 25.2 Å². The van der Waals surface area contributed by atoms with E-state index in [4.69, 9.17) is 5.73 Å². The second-order valence-electron chi connectivity index (χ2n) is 6.39. The predicted octanol–water partition coefficient (Wildman–Crippen LogP) is 2.43. The minimum absolute atomic E-state index is 0.0187. The largest absolute Gasteiger partial charge is 0.364 e. The van der Waals surface area contributed by atoms with Gasteiger partial charge in [0.1, 0.15) is 11.5 Å². The number of aromatic nitrogens is 2. The molecule has 1 aliphatic carbocycles. The van der Waals surface area contributed by atoms with E-state index in [1.807, 2.05) is 6.07 Å². The summed E-state index contributed by atoms with van der Waals surface area (Å²) in [5.74, 6) is -0.805. The molecule has 0 spiro atoms. The van der Waals surface area contributed by atoms with Gasteiger partial charge in [0.05, 0.1) is 10.9 Å². The molecule has 0 saturated carbocycles. The number of amides is 1. The zero-order valence-electron chi connectivity index (χ0n) is 13.4. The SMILES string of the molecule is NC(=O)c1nccc2[nH]c([C@H]3CCc4cc(F)ccc4C3)cc(=O)c12. The maximum absolute atomic E-state index is 13.4. The Kier molecular flexibility index (Phi) is 3.60. The van der Waals surface area contributed by atoms with Crippen LogP contribution >= 0.6 is 0 Å². The van der Waals surface area contributed by atoms with Gasteiger partial charge in [-0.05, 0) is 48.6 Å². The molecule has 4 rings (SSSR count). The molecule has 2 aromatic heterocycles. The van der Waals surface area contributed by atoms with Crippen LogP contribution in [0.5, 0.6) is 0 Å². The molecule has 5 nitrogen and oxygen atoms in total. The summed E-state index contributed by atoms with van der Waals surface area (Å²) in [6.45, 7) is 0.